The Labute approximate surface area is 149 Å². The fourth-order valence-electron chi connectivity index (χ4n) is 2.84. The quantitative estimate of drug-likeness (QED) is 0.492. The van der Waals surface area contributed by atoms with E-state index in [0.29, 0.717) is 29.0 Å². The van der Waals surface area contributed by atoms with Gasteiger partial charge in [0.1, 0.15) is 17.2 Å². The molecule has 0 amide bonds. The number of aryl methyl sites for hydroxylation is 1. The van der Waals surface area contributed by atoms with Crippen LogP contribution in [0.4, 0.5) is 0 Å². The maximum atomic E-state index is 13.0. The van der Waals surface area contributed by atoms with Gasteiger partial charge in [-0.3, -0.25) is 14.2 Å². The molecule has 0 aliphatic carbocycles. The van der Waals surface area contributed by atoms with Crippen molar-refractivity contribution in [2.45, 2.75) is 19.9 Å². The van der Waals surface area contributed by atoms with E-state index < -0.39 is 5.56 Å². The van der Waals surface area contributed by atoms with Gasteiger partial charge in [-0.15, -0.1) is 0 Å². The van der Waals surface area contributed by atoms with Gasteiger partial charge in [0.15, 0.2) is 5.39 Å². The molecule has 7 heteroatoms. The average molecular weight is 401 g/mol. The number of halogens is 1. The van der Waals surface area contributed by atoms with Crippen LogP contribution < -0.4 is 11.0 Å². The van der Waals surface area contributed by atoms with Crippen LogP contribution in [0.3, 0.4) is 0 Å². The molecule has 6 nitrogen and oxygen atoms in total. The van der Waals surface area contributed by atoms with Crippen molar-refractivity contribution >= 4 is 38.0 Å². The predicted molar refractivity (Wildman–Crippen MR) is 96.9 cm³/mol. The van der Waals surface area contributed by atoms with Crippen molar-refractivity contribution in [1.29, 1.82) is 0 Å². The number of furan rings is 1. The van der Waals surface area contributed by atoms with Crippen LogP contribution >= 0.6 is 15.9 Å². The SMILES string of the molecule is CCc1nc2oc3ccc(Br)cc3c(=O)c2c(=O)n1Cc1ccco1. The van der Waals surface area contributed by atoms with Gasteiger partial charge >= 0.3 is 0 Å². The standard InChI is InChI=1S/C18H13BrN2O4/c1-2-14-20-17-15(18(23)21(14)9-11-4-3-7-24-11)16(22)12-8-10(19)5-6-13(12)25-17/h3-8H,2,9H2,1H3. The number of benzene rings is 1. The van der Waals surface area contributed by atoms with E-state index in [1.165, 1.54) is 4.57 Å². The van der Waals surface area contributed by atoms with E-state index in [1.54, 1.807) is 36.6 Å². The Morgan fingerprint density at radius 3 is 2.80 bits per heavy atom. The summed E-state index contributed by atoms with van der Waals surface area (Å²) >= 11 is 3.33. The third-order valence-electron chi connectivity index (χ3n) is 4.05. The van der Waals surface area contributed by atoms with Crippen LogP contribution in [0.5, 0.6) is 0 Å². The lowest BCUT2D eigenvalue weighted by Crippen LogP contribution is -2.29. The van der Waals surface area contributed by atoms with Crippen molar-refractivity contribution in [1.82, 2.24) is 9.55 Å². The number of aromatic nitrogens is 2. The van der Waals surface area contributed by atoms with Crippen molar-refractivity contribution in [3.8, 4) is 0 Å². The van der Waals surface area contributed by atoms with Gasteiger partial charge in [-0.25, -0.2) is 0 Å². The van der Waals surface area contributed by atoms with Crippen molar-refractivity contribution in [2.75, 3.05) is 0 Å². The molecule has 126 valence electrons. The van der Waals surface area contributed by atoms with Crippen LogP contribution in [0, 0.1) is 0 Å². The van der Waals surface area contributed by atoms with Crippen LogP contribution in [0.15, 0.2) is 59.5 Å². The summed E-state index contributed by atoms with van der Waals surface area (Å²) in [5.74, 6) is 1.15. The zero-order valence-electron chi connectivity index (χ0n) is 13.3. The molecule has 3 aromatic heterocycles. The summed E-state index contributed by atoms with van der Waals surface area (Å²) < 4.78 is 13.2. The van der Waals surface area contributed by atoms with E-state index in [-0.39, 0.29) is 23.1 Å². The Morgan fingerprint density at radius 2 is 2.08 bits per heavy atom. The summed E-state index contributed by atoms with van der Waals surface area (Å²) in [6, 6.07) is 8.62. The zero-order valence-corrected chi connectivity index (χ0v) is 14.9. The van der Waals surface area contributed by atoms with Crippen LogP contribution in [0.1, 0.15) is 18.5 Å². The lowest BCUT2D eigenvalue weighted by atomic mass is 10.2. The highest BCUT2D eigenvalue weighted by Crippen LogP contribution is 2.20. The summed E-state index contributed by atoms with van der Waals surface area (Å²) in [5, 5.41) is 0.295. The lowest BCUT2D eigenvalue weighted by molar-refractivity contribution is 0.482. The van der Waals surface area contributed by atoms with E-state index in [4.69, 9.17) is 8.83 Å². The van der Waals surface area contributed by atoms with Crippen LogP contribution in [0.2, 0.25) is 0 Å². The van der Waals surface area contributed by atoms with Crippen molar-refractivity contribution in [3.63, 3.8) is 0 Å². The fraction of sp³-hybridized carbons (Fsp3) is 0.167. The smallest absolute Gasteiger partial charge is 0.269 e. The molecular formula is C18H13BrN2O4. The minimum atomic E-state index is -0.422. The fourth-order valence-corrected chi connectivity index (χ4v) is 3.21. The lowest BCUT2D eigenvalue weighted by Gasteiger charge is -2.11. The maximum Gasteiger partial charge on any atom is 0.269 e. The van der Waals surface area contributed by atoms with E-state index in [2.05, 4.69) is 20.9 Å². The molecule has 0 radical (unpaired) electrons. The van der Waals surface area contributed by atoms with Crippen LogP contribution in [-0.2, 0) is 13.0 Å². The van der Waals surface area contributed by atoms with Gasteiger partial charge in [-0.2, -0.15) is 4.98 Å². The van der Waals surface area contributed by atoms with Gasteiger partial charge < -0.3 is 8.83 Å². The molecule has 25 heavy (non-hydrogen) atoms. The van der Waals surface area contributed by atoms with Gasteiger partial charge in [-0.1, -0.05) is 22.9 Å². The topological polar surface area (TPSA) is 78.2 Å². The third kappa shape index (κ3) is 2.60. The Balaban J connectivity index is 2.08. The number of hydrogen-bond acceptors (Lipinski definition) is 5. The Kier molecular flexibility index (Phi) is 3.80. The van der Waals surface area contributed by atoms with E-state index in [1.807, 2.05) is 6.92 Å². The van der Waals surface area contributed by atoms with Crippen LogP contribution in [-0.4, -0.2) is 9.55 Å². The molecule has 0 aliphatic heterocycles. The monoisotopic (exact) mass is 400 g/mol. The van der Waals surface area contributed by atoms with E-state index >= 15 is 0 Å². The average Bonchev–Trinajstić information content (AvgIpc) is 3.11. The first kappa shape index (κ1) is 15.8. The van der Waals surface area contributed by atoms with Crippen molar-refractivity contribution in [3.05, 3.63) is 73.2 Å². The highest BCUT2D eigenvalue weighted by atomic mass is 79.9. The predicted octanol–water partition coefficient (Wildman–Crippen LogP) is 3.47. The molecule has 3 heterocycles. The second-order valence-corrected chi connectivity index (χ2v) is 6.52. The summed E-state index contributed by atoms with van der Waals surface area (Å²) in [4.78, 5) is 30.3. The van der Waals surface area contributed by atoms with E-state index in [0.717, 1.165) is 4.47 Å². The summed E-state index contributed by atoms with van der Waals surface area (Å²) in [6.07, 6.45) is 2.06. The normalized spacial score (nSPS) is 11.4. The molecule has 0 bridgehead atoms. The molecule has 0 aliphatic rings. The molecule has 0 fully saturated rings. The molecule has 0 spiro atoms. The molecular weight excluding hydrogens is 388 g/mol. The second kappa shape index (κ2) is 6.00. The highest BCUT2D eigenvalue weighted by Gasteiger charge is 2.18. The number of rotatable bonds is 3. The van der Waals surface area contributed by atoms with Crippen molar-refractivity contribution < 1.29 is 8.83 Å². The van der Waals surface area contributed by atoms with Gasteiger partial charge in [0.2, 0.25) is 11.1 Å². The summed E-state index contributed by atoms with van der Waals surface area (Å²) in [5.41, 5.74) is -0.337. The Bertz CT molecular complexity index is 1210. The second-order valence-electron chi connectivity index (χ2n) is 5.60. The molecule has 4 aromatic rings. The highest BCUT2D eigenvalue weighted by molar-refractivity contribution is 9.10. The summed E-state index contributed by atoms with van der Waals surface area (Å²) in [6.45, 7) is 2.11. The van der Waals surface area contributed by atoms with Gasteiger partial charge in [0, 0.05) is 10.9 Å². The van der Waals surface area contributed by atoms with Crippen molar-refractivity contribution in [2.24, 2.45) is 0 Å². The zero-order chi connectivity index (χ0) is 17.6. The number of nitrogens with zero attached hydrogens (tertiary/aromatic N) is 2. The molecule has 0 atom stereocenters. The number of fused-ring (bicyclic) bond motifs is 2. The Morgan fingerprint density at radius 1 is 1.24 bits per heavy atom. The molecule has 0 saturated carbocycles. The first-order chi connectivity index (χ1) is 12.1. The van der Waals surface area contributed by atoms with E-state index in [9.17, 15) is 9.59 Å². The molecule has 0 saturated heterocycles. The first-order valence-corrected chi connectivity index (χ1v) is 8.56. The minimum Gasteiger partial charge on any atom is -0.467 e. The summed E-state index contributed by atoms with van der Waals surface area (Å²) in [7, 11) is 0. The maximum absolute atomic E-state index is 13.0. The molecule has 0 N–H and O–H groups in total. The molecule has 0 unspecified atom stereocenters. The molecule has 1 aromatic carbocycles. The minimum absolute atomic E-state index is 0.0469. The van der Waals surface area contributed by atoms with Gasteiger partial charge in [0.25, 0.3) is 5.56 Å². The Hall–Kier alpha value is -2.67. The number of hydrogen-bond donors (Lipinski definition) is 0. The van der Waals surface area contributed by atoms with Gasteiger partial charge in [-0.05, 0) is 30.3 Å². The van der Waals surface area contributed by atoms with Crippen LogP contribution in [0.25, 0.3) is 22.1 Å². The molecule has 4 rings (SSSR count). The first-order valence-electron chi connectivity index (χ1n) is 7.76. The van der Waals surface area contributed by atoms with Gasteiger partial charge in [0.05, 0.1) is 18.2 Å². The third-order valence-corrected chi connectivity index (χ3v) is 4.54. The largest absolute Gasteiger partial charge is 0.467 e.